The predicted molar refractivity (Wildman–Crippen MR) is 66.4 cm³/mol. The van der Waals surface area contributed by atoms with Crippen molar-refractivity contribution < 1.29 is 10.0 Å². The van der Waals surface area contributed by atoms with Gasteiger partial charge in [0.25, 0.3) is 5.91 Å². The van der Waals surface area contributed by atoms with Crippen LogP contribution in [0.1, 0.15) is 13.8 Å². The molecule has 17 heavy (non-hydrogen) atoms. The van der Waals surface area contributed by atoms with Gasteiger partial charge in [0.2, 0.25) is 0 Å². The van der Waals surface area contributed by atoms with Crippen LogP contribution in [0, 0.1) is 0 Å². The van der Waals surface area contributed by atoms with Crippen LogP contribution in [0.2, 0.25) is 0 Å². The molecule has 1 aliphatic rings. The zero-order valence-corrected chi connectivity index (χ0v) is 9.79. The maximum atomic E-state index is 11.9. The second-order valence-corrected chi connectivity index (χ2v) is 4.03. The first-order valence-electron chi connectivity index (χ1n) is 5.44. The van der Waals surface area contributed by atoms with Crippen LogP contribution in [0.5, 0.6) is 0 Å². The zero-order chi connectivity index (χ0) is 12.4. The fourth-order valence-corrected chi connectivity index (χ4v) is 1.93. The molecule has 4 heteroatoms. The number of hydrogen-bond donors (Lipinski definition) is 1. The summed E-state index contributed by atoms with van der Waals surface area (Å²) in [6, 6.07) is 9.53. The summed E-state index contributed by atoms with van der Waals surface area (Å²) in [4.78, 5) is 13.7. The fraction of sp³-hybridized carbons (Fsp3) is 0.231. The highest BCUT2D eigenvalue weighted by Crippen LogP contribution is 2.31. The molecular formula is C13H14N2O2. The molecule has 1 aliphatic heterocycles. The summed E-state index contributed by atoms with van der Waals surface area (Å²) in [5.74, 6) is -0.0355. The van der Waals surface area contributed by atoms with Crippen molar-refractivity contribution in [1.29, 1.82) is 0 Å². The predicted octanol–water partition coefficient (Wildman–Crippen LogP) is 2.20. The number of para-hydroxylation sites is 1. The van der Waals surface area contributed by atoms with Crippen LogP contribution >= 0.6 is 0 Å². The molecule has 0 aromatic heterocycles. The quantitative estimate of drug-likeness (QED) is 0.278. The third-order valence-electron chi connectivity index (χ3n) is 2.86. The minimum atomic E-state index is -0.0355. The van der Waals surface area contributed by atoms with Gasteiger partial charge in [-0.2, -0.15) is 0 Å². The molecule has 2 rings (SSSR count). The van der Waals surface area contributed by atoms with E-state index in [0.29, 0.717) is 11.3 Å². The van der Waals surface area contributed by atoms with E-state index < -0.39 is 0 Å². The summed E-state index contributed by atoms with van der Waals surface area (Å²) in [7, 11) is 0. The van der Waals surface area contributed by atoms with Crippen LogP contribution in [0.25, 0.3) is 0 Å². The number of carbonyl (C=O) groups is 1. The van der Waals surface area contributed by atoms with Crippen molar-refractivity contribution in [1.82, 2.24) is 0 Å². The molecule has 1 saturated heterocycles. The Balaban J connectivity index is 2.23. The summed E-state index contributed by atoms with van der Waals surface area (Å²) in [5, 5.41) is 11.6. The van der Waals surface area contributed by atoms with E-state index in [1.807, 2.05) is 37.3 Å². The normalized spacial score (nSPS) is 22.8. The minimum Gasteiger partial charge on any atom is -0.411 e. The Hall–Kier alpha value is -2.10. The van der Waals surface area contributed by atoms with Crippen molar-refractivity contribution >= 4 is 17.3 Å². The zero-order valence-electron chi connectivity index (χ0n) is 9.79. The number of amides is 1. The third-order valence-corrected chi connectivity index (χ3v) is 2.86. The van der Waals surface area contributed by atoms with Gasteiger partial charge in [0.15, 0.2) is 0 Å². The average molecular weight is 230 g/mol. The summed E-state index contributed by atoms with van der Waals surface area (Å²) < 4.78 is 0. The van der Waals surface area contributed by atoms with E-state index in [1.54, 1.807) is 17.9 Å². The van der Waals surface area contributed by atoms with Crippen LogP contribution in [0.3, 0.4) is 0 Å². The standard InChI is InChI=1S/C13H14N2O2/c1-9(14-17)8-12-10(2)15(13(12)16)11-6-4-3-5-7-11/h3-8,10,17H,1-2H3/b12-8+,14-9?. The van der Waals surface area contributed by atoms with E-state index in [4.69, 9.17) is 5.21 Å². The number of oxime groups is 1. The van der Waals surface area contributed by atoms with Crippen molar-refractivity contribution in [2.24, 2.45) is 5.16 Å². The first-order valence-corrected chi connectivity index (χ1v) is 5.44. The first-order chi connectivity index (χ1) is 8.15. The van der Waals surface area contributed by atoms with Crippen LogP contribution in [0.15, 0.2) is 47.1 Å². The van der Waals surface area contributed by atoms with Crippen molar-refractivity contribution in [3.8, 4) is 0 Å². The molecule has 88 valence electrons. The summed E-state index contributed by atoms with van der Waals surface area (Å²) in [6.07, 6.45) is 1.62. The third kappa shape index (κ3) is 1.93. The number of rotatable bonds is 2. The second kappa shape index (κ2) is 4.41. The summed E-state index contributed by atoms with van der Waals surface area (Å²) in [5.41, 5.74) is 2.00. The highest BCUT2D eigenvalue weighted by Gasteiger charge is 2.39. The Labute approximate surface area is 99.9 Å². The lowest BCUT2D eigenvalue weighted by molar-refractivity contribution is -0.118. The minimum absolute atomic E-state index is 0.0154. The van der Waals surface area contributed by atoms with Crippen LogP contribution in [0.4, 0.5) is 5.69 Å². The van der Waals surface area contributed by atoms with Gasteiger partial charge in [-0.1, -0.05) is 23.4 Å². The van der Waals surface area contributed by atoms with Gasteiger partial charge in [-0.25, -0.2) is 0 Å². The van der Waals surface area contributed by atoms with Crippen LogP contribution < -0.4 is 4.90 Å². The molecule has 1 amide bonds. The maximum absolute atomic E-state index is 11.9. The van der Waals surface area contributed by atoms with E-state index in [0.717, 1.165) is 5.69 Å². The lowest BCUT2D eigenvalue weighted by Gasteiger charge is -2.40. The van der Waals surface area contributed by atoms with Gasteiger partial charge < -0.3 is 10.1 Å². The Morgan fingerprint density at radius 2 is 2.06 bits per heavy atom. The van der Waals surface area contributed by atoms with Gasteiger partial charge >= 0.3 is 0 Å². The summed E-state index contributed by atoms with van der Waals surface area (Å²) >= 11 is 0. The highest BCUT2D eigenvalue weighted by molar-refractivity contribution is 6.18. The van der Waals surface area contributed by atoms with Crippen molar-refractivity contribution in [2.45, 2.75) is 19.9 Å². The molecule has 1 atom stereocenters. The van der Waals surface area contributed by atoms with Crippen molar-refractivity contribution in [3.05, 3.63) is 42.0 Å². The van der Waals surface area contributed by atoms with Gasteiger partial charge in [0.1, 0.15) is 0 Å². The average Bonchev–Trinajstić information content (AvgIpc) is 2.37. The van der Waals surface area contributed by atoms with Gasteiger partial charge in [-0.15, -0.1) is 0 Å². The summed E-state index contributed by atoms with van der Waals surface area (Å²) in [6.45, 7) is 3.60. The molecule has 4 nitrogen and oxygen atoms in total. The highest BCUT2D eigenvalue weighted by atomic mass is 16.4. The van der Waals surface area contributed by atoms with Crippen molar-refractivity contribution in [2.75, 3.05) is 4.90 Å². The molecule has 1 N–H and O–H groups in total. The van der Waals surface area contributed by atoms with E-state index in [9.17, 15) is 4.79 Å². The van der Waals surface area contributed by atoms with Gasteiger partial charge in [-0.05, 0) is 32.1 Å². The van der Waals surface area contributed by atoms with Crippen LogP contribution in [-0.4, -0.2) is 22.9 Å². The molecule has 1 heterocycles. The van der Waals surface area contributed by atoms with Gasteiger partial charge in [-0.3, -0.25) is 4.79 Å². The molecule has 1 fully saturated rings. The number of hydrogen-bond acceptors (Lipinski definition) is 3. The van der Waals surface area contributed by atoms with E-state index in [-0.39, 0.29) is 11.9 Å². The lowest BCUT2D eigenvalue weighted by atomic mass is 9.93. The molecule has 0 bridgehead atoms. The Kier molecular flexibility index (Phi) is 2.95. The molecule has 0 spiro atoms. The van der Waals surface area contributed by atoms with Crippen LogP contribution in [-0.2, 0) is 4.79 Å². The Morgan fingerprint density at radius 1 is 1.41 bits per heavy atom. The lowest BCUT2D eigenvalue weighted by Crippen LogP contribution is -2.54. The Morgan fingerprint density at radius 3 is 2.59 bits per heavy atom. The molecule has 0 aliphatic carbocycles. The van der Waals surface area contributed by atoms with E-state index in [2.05, 4.69) is 5.16 Å². The molecule has 1 unspecified atom stereocenters. The smallest absolute Gasteiger partial charge is 0.256 e. The SMILES string of the molecule is CC(/C=C1/C(=O)N(c2ccccc2)C1C)=NO. The number of β-lactam (4-membered cyclic amide) rings is 1. The monoisotopic (exact) mass is 230 g/mol. The number of allylic oxidation sites excluding steroid dienone is 1. The number of anilines is 1. The first kappa shape index (κ1) is 11.4. The van der Waals surface area contributed by atoms with Gasteiger partial charge in [0.05, 0.1) is 11.8 Å². The number of carbonyl (C=O) groups excluding carboxylic acids is 1. The topological polar surface area (TPSA) is 52.9 Å². The van der Waals surface area contributed by atoms with Gasteiger partial charge in [0, 0.05) is 11.3 Å². The molecule has 0 saturated carbocycles. The van der Waals surface area contributed by atoms with Crippen molar-refractivity contribution in [3.63, 3.8) is 0 Å². The Bertz CT molecular complexity index is 491. The number of nitrogens with zero attached hydrogens (tertiary/aromatic N) is 2. The fourth-order valence-electron chi connectivity index (χ4n) is 1.93. The molecule has 1 aromatic carbocycles. The van der Waals surface area contributed by atoms with E-state index >= 15 is 0 Å². The maximum Gasteiger partial charge on any atom is 0.256 e. The second-order valence-electron chi connectivity index (χ2n) is 4.03. The molecule has 1 aromatic rings. The molecule has 0 radical (unpaired) electrons. The van der Waals surface area contributed by atoms with E-state index in [1.165, 1.54) is 0 Å². The largest absolute Gasteiger partial charge is 0.411 e. The molecular weight excluding hydrogens is 216 g/mol. The number of benzene rings is 1.